The first-order valence-corrected chi connectivity index (χ1v) is 12.0. The monoisotopic (exact) mass is 480 g/mol. The van der Waals surface area contributed by atoms with Gasteiger partial charge in [0, 0.05) is 38.9 Å². The topological polar surface area (TPSA) is 100 Å². The summed E-state index contributed by atoms with van der Waals surface area (Å²) >= 11 is 1.51. The lowest BCUT2D eigenvalue weighted by Crippen LogP contribution is -2.50. The fourth-order valence-electron chi connectivity index (χ4n) is 2.96. The average molecular weight is 481 g/mol. The highest BCUT2D eigenvalue weighted by Gasteiger charge is 2.31. The number of benzene rings is 1. The van der Waals surface area contributed by atoms with E-state index >= 15 is 0 Å². The van der Waals surface area contributed by atoms with Crippen molar-refractivity contribution in [1.82, 2.24) is 20.4 Å². The molecule has 2 rings (SSSR count). The van der Waals surface area contributed by atoms with Crippen molar-refractivity contribution in [2.45, 2.75) is 44.2 Å². The molecule has 1 aromatic carbocycles. The van der Waals surface area contributed by atoms with E-state index in [0.29, 0.717) is 12.3 Å². The van der Waals surface area contributed by atoms with Crippen molar-refractivity contribution < 1.29 is 23.9 Å². The first-order chi connectivity index (χ1) is 15.4. The van der Waals surface area contributed by atoms with E-state index in [0.717, 1.165) is 24.4 Å². The highest BCUT2D eigenvalue weighted by molar-refractivity contribution is 8.00. The maximum Gasteiger partial charge on any atom is 0.415 e. The Morgan fingerprint density at radius 3 is 2.36 bits per heavy atom. The van der Waals surface area contributed by atoms with Crippen molar-refractivity contribution in [2.24, 2.45) is 0 Å². The van der Waals surface area contributed by atoms with E-state index in [1.54, 1.807) is 52.1 Å². The van der Waals surface area contributed by atoms with Crippen LogP contribution in [0.15, 0.2) is 24.3 Å². The molecule has 0 aliphatic carbocycles. The van der Waals surface area contributed by atoms with Gasteiger partial charge < -0.3 is 24.6 Å². The lowest BCUT2D eigenvalue weighted by atomic mass is 10.1. The zero-order valence-electron chi connectivity index (χ0n) is 20.3. The lowest BCUT2D eigenvalue weighted by molar-refractivity contribution is -0.158. The summed E-state index contributed by atoms with van der Waals surface area (Å²) in [6.45, 7) is 7.40. The van der Waals surface area contributed by atoms with Gasteiger partial charge in [-0.1, -0.05) is 12.1 Å². The number of hydrogen-bond acceptors (Lipinski definition) is 8. The molecule has 2 N–H and O–H groups in total. The summed E-state index contributed by atoms with van der Waals surface area (Å²) < 4.78 is 10.9. The van der Waals surface area contributed by atoms with Crippen LogP contribution in [0.1, 0.15) is 26.3 Å². The van der Waals surface area contributed by atoms with Crippen LogP contribution in [-0.4, -0.2) is 91.3 Å². The summed E-state index contributed by atoms with van der Waals surface area (Å²) in [5.41, 5.74) is 0.135. The zero-order valence-corrected chi connectivity index (χ0v) is 21.2. The third kappa shape index (κ3) is 9.61. The lowest BCUT2D eigenvalue weighted by Gasteiger charge is -2.25. The van der Waals surface area contributed by atoms with Gasteiger partial charge in [0.15, 0.2) is 0 Å². The SMILES string of the molecule is CN(C)CCN(C)C(=O)Oc1ccc(C[C@H](NC(=O)[C@H]2NCCS2)C(=O)OC(C)(C)C)cc1. The number of nitrogens with one attached hydrogen (secondary N) is 2. The van der Waals surface area contributed by atoms with E-state index in [2.05, 4.69) is 10.6 Å². The van der Waals surface area contributed by atoms with Gasteiger partial charge in [-0.05, 0) is 52.6 Å². The molecular weight excluding hydrogens is 444 g/mol. The molecule has 0 unspecified atom stereocenters. The van der Waals surface area contributed by atoms with Crippen molar-refractivity contribution in [3.05, 3.63) is 29.8 Å². The highest BCUT2D eigenvalue weighted by Crippen LogP contribution is 2.18. The fraction of sp³-hybridized carbons (Fsp3) is 0.609. The van der Waals surface area contributed by atoms with Crippen LogP contribution in [0, 0.1) is 0 Å². The molecule has 0 radical (unpaired) electrons. The van der Waals surface area contributed by atoms with Gasteiger partial charge in [-0.25, -0.2) is 9.59 Å². The number of carbonyl (C=O) groups is 3. The maximum atomic E-state index is 12.8. The van der Waals surface area contributed by atoms with Crippen LogP contribution in [-0.2, 0) is 20.7 Å². The Labute approximate surface area is 200 Å². The van der Waals surface area contributed by atoms with Crippen molar-refractivity contribution in [3.63, 3.8) is 0 Å². The Morgan fingerprint density at radius 1 is 1.15 bits per heavy atom. The smallest absolute Gasteiger partial charge is 0.415 e. The number of carbonyl (C=O) groups excluding carboxylic acids is 3. The van der Waals surface area contributed by atoms with Crippen molar-refractivity contribution >= 4 is 29.7 Å². The maximum absolute atomic E-state index is 12.8. The molecular formula is C23H36N4O5S. The van der Waals surface area contributed by atoms with Gasteiger partial charge in [-0.15, -0.1) is 11.8 Å². The number of rotatable bonds is 9. The molecule has 0 aromatic heterocycles. The first-order valence-electron chi connectivity index (χ1n) is 11.0. The van der Waals surface area contributed by atoms with E-state index in [1.165, 1.54) is 16.7 Å². The van der Waals surface area contributed by atoms with E-state index in [1.807, 2.05) is 19.0 Å². The molecule has 1 saturated heterocycles. The predicted molar refractivity (Wildman–Crippen MR) is 129 cm³/mol. The second kappa shape index (κ2) is 12.2. The van der Waals surface area contributed by atoms with Crippen LogP contribution in [0.3, 0.4) is 0 Å². The normalized spacial score (nSPS) is 16.9. The number of amides is 2. The second-order valence-electron chi connectivity index (χ2n) is 9.24. The summed E-state index contributed by atoms with van der Waals surface area (Å²) in [4.78, 5) is 41.1. The standard InChI is InChI=1S/C23H36N4O5S/c1-23(2,3)32-21(29)18(25-19(28)20-24-11-14-33-20)15-16-7-9-17(10-8-16)31-22(30)27(6)13-12-26(4)5/h7-10,18,20,24H,11-15H2,1-6H3,(H,25,28)/t18-,20-/m0/s1. The molecule has 0 spiro atoms. The molecule has 0 bridgehead atoms. The van der Waals surface area contributed by atoms with Gasteiger partial charge in [-0.3, -0.25) is 10.1 Å². The molecule has 1 fully saturated rings. The van der Waals surface area contributed by atoms with E-state index in [-0.39, 0.29) is 17.7 Å². The van der Waals surface area contributed by atoms with Crippen molar-refractivity contribution in [1.29, 1.82) is 0 Å². The summed E-state index contributed by atoms with van der Waals surface area (Å²) in [6, 6.07) is 6.07. The Kier molecular flexibility index (Phi) is 10.00. The number of nitrogens with zero attached hydrogens (tertiary/aromatic N) is 2. The quantitative estimate of drug-likeness (QED) is 0.516. The number of likely N-dealkylation sites (N-methyl/N-ethyl adjacent to an activating group) is 2. The van der Waals surface area contributed by atoms with E-state index < -0.39 is 23.7 Å². The summed E-state index contributed by atoms with van der Waals surface area (Å²) in [6.07, 6.45) is -0.181. The first kappa shape index (κ1) is 26.9. The van der Waals surface area contributed by atoms with Crippen LogP contribution < -0.4 is 15.4 Å². The third-order valence-electron chi connectivity index (χ3n) is 4.72. The third-order valence-corrected chi connectivity index (χ3v) is 5.88. The largest absolute Gasteiger partial charge is 0.458 e. The van der Waals surface area contributed by atoms with Crippen LogP contribution in [0.2, 0.25) is 0 Å². The van der Waals surface area contributed by atoms with Gasteiger partial charge in [0.25, 0.3) is 0 Å². The van der Waals surface area contributed by atoms with Crippen LogP contribution in [0.25, 0.3) is 0 Å². The van der Waals surface area contributed by atoms with Gasteiger partial charge >= 0.3 is 12.1 Å². The van der Waals surface area contributed by atoms with Crippen molar-refractivity contribution in [3.8, 4) is 5.75 Å². The molecule has 33 heavy (non-hydrogen) atoms. The average Bonchev–Trinajstić information content (AvgIpc) is 3.26. The van der Waals surface area contributed by atoms with Crippen LogP contribution in [0.4, 0.5) is 4.79 Å². The van der Waals surface area contributed by atoms with Gasteiger partial charge in [-0.2, -0.15) is 0 Å². The Bertz CT molecular complexity index is 804. The molecule has 10 heteroatoms. The second-order valence-corrected chi connectivity index (χ2v) is 10.5. The molecule has 0 saturated carbocycles. The van der Waals surface area contributed by atoms with E-state index in [4.69, 9.17) is 9.47 Å². The molecule has 1 aliphatic rings. The summed E-state index contributed by atoms with van der Waals surface area (Å²) in [5.74, 6) is 0.529. The molecule has 2 amide bonds. The minimum atomic E-state index is -0.828. The minimum Gasteiger partial charge on any atom is -0.458 e. The number of esters is 1. The highest BCUT2D eigenvalue weighted by atomic mass is 32.2. The number of thioether (sulfide) groups is 1. The van der Waals surface area contributed by atoms with Crippen LogP contribution in [0.5, 0.6) is 5.75 Å². The Balaban J connectivity index is 2.02. The fourth-order valence-corrected chi connectivity index (χ4v) is 3.88. The predicted octanol–water partition coefficient (Wildman–Crippen LogP) is 1.71. The zero-order chi connectivity index (χ0) is 24.6. The molecule has 1 aliphatic heterocycles. The number of hydrogen-bond donors (Lipinski definition) is 2. The van der Waals surface area contributed by atoms with Crippen molar-refractivity contribution in [2.75, 3.05) is 46.5 Å². The van der Waals surface area contributed by atoms with Gasteiger partial charge in [0.1, 0.15) is 22.8 Å². The minimum absolute atomic E-state index is 0.236. The number of ether oxygens (including phenoxy) is 2. The summed E-state index contributed by atoms with van der Waals surface area (Å²) in [5, 5.41) is 5.55. The molecule has 184 valence electrons. The van der Waals surface area contributed by atoms with Gasteiger partial charge in [0.2, 0.25) is 5.91 Å². The van der Waals surface area contributed by atoms with Gasteiger partial charge in [0.05, 0.1) is 0 Å². The van der Waals surface area contributed by atoms with E-state index in [9.17, 15) is 14.4 Å². The Morgan fingerprint density at radius 2 is 1.82 bits per heavy atom. The molecule has 2 atom stereocenters. The molecule has 9 nitrogen and oxygen atoms in total. The summed E-state index contributed by atoms with van der Waals surface area (Å²) in [7, 11) is 5.56. The van der Waals surface area contributed by atoms with Crippen LogP contribution >= 0.6 is 11.8 Å². The Hall–Kier alpha value is -2.30. The molecule has 1 heterocycles. The molecule has 1 aromatic rings.